The Bertz CT molecular complexity index is 1110. The Morgan fingerprint density at radius 2 is 1.77 bits per heavy atom. The van der Waals surface area contributed by atoms with E-state index in [0.29, 0.717) is 12.3 Å². The smallest absolute Gasteiger partial charge is 0.246 e. The van der Waals surface area contributed by atoms with E-state index in [0.717, 1.165) is 42.0 Å². The average Bonchev–Trinajstić information content (AvgIpc) is 3.28. The molecule has 0 radical (unpaired) electrons. The van der Waals surface area contributed by atoms with Gasteiger partial charge in [-0.25, -0.2) is 4.68 Å². The number of aromatic nitrogens is 3. The number of nitrogens with two attached hydrogens (primary N) is 1. The monoisotopic (exact) mass is 477 g/mol. The molecule has 0 aliphatic heterocycles. The van der Waals surface area contributed by atoms with E-state index in [1.165, 1.54) is 12.5 Å². The van der Waals surface area contributed by atoms with E-state index in [4.69, 9.17) is 10.8 Å². The summed E-state index contributed by atoms with van der Waals surface area (Å²) in [4.78, 5) is 28.2. The number of aliphatic hydroxyl groups excluding tert-OH is 1. The van der Waals surface area contributed by atoms with Crippen LogP contribution in [-0.4, -0.2) is 43.8 Å². The molecule has 1 aromatic carbocycles. The van der Waals surface area contributed by atoms with E-state index in [1.54, 1.807) is 6.20 Å². The van der Waals surface area contributed by atoms with Gasteiger partial charge in [0.2, 0.25) is 11.8 Å². The van der Waals surface area contributed by atoms with Crippen LogP contribution in [0.4, 0.5) is 0 Å². The number of hydrogen-bond acceptors (Lipinski definition) is 6. The molecule has 3 aromatic rings. The minimum atomic E-state index is -1.11. The van der Waals surface area contributed by atoms with Crippen molar-refractivity contribution in [2.75, 3.05) is 0 Å². The van der Waals surface area contributed by atoms with Gasteiger partial charge < -0.3 is 10.8 Å². The normalized spacial score (nSPS) is 13.0. The minimum absolute atomic E-state index is 0.230. The second kappa shape index (κ2) is 12.4. The lowest BCUT2D eigenvalue weighted by atomic mass is 10.0. The van der Waals surface area contributed by atoms with Gasteiger partial charge in [0.25, 0.3) is 0 Å². The number of nitrogens with one attached hydrogen (secondary N) is 1. The van der Waals surface area contributed by atoms with E-state index in [-0.39, 0.29) is 12.3 Å². The summed E-state index contributed by atoms with van der Waals surface area (Å²) in [6.45, 7) is 5.76. The molecule has 0 fully saturated rings. The van der Waals surface area contributed by atoms with Gasteiger partial charge >= 0.3 is 0 Å². The number of unbranched alkanes of at least 4 members (excludes halogenated alkanes) is 2. The van der Waals surface area contributed by atoms with E-state index in [2.05, 4.69) is 54.5 Å². The van der Waals surface area contributed by atoms with Crippen molar-refractivity contribution in [1.29, 1.82) is 0 Å². The zero-order valence-corrected chi connectivity index (χ0v) is 20.6. The maximum atomic E-state index is 12.0. The first-order valence-electron chi connectivity index (χ1n) is 12.1. The van der Waals surface area contributed by atoms with Crippen LogP contribution in [-0.2, 0) is 16.0 Å². The second-order valence-corrected chi connectivity index (χ2v) is 9.13. The summed E-state index contributed by atoms with van der Waals surface area (Å²) in [5.74, 6) is -0.571. The molecule has 8 heteroatoms. The Kier molecular flexibility index (Phi) is 9.28. The zero-order chi connectivity index (χ0) is 25.4. The Hall–Kier alpha value is -3.36. The molecule has 35 heavy (non-hydrogen) atoms. The number of aryl methyl sites for hydroxylation is 1. The third kappa shape index (κ3) is 7.31. The summed E-state index contributed by atoms with van der Waals surface area (Å²) in [7, 11) is 0. The number of carbonyl (C=O) groups is 2. The lowest BCUT2D eigenvalue weighted by molar-refractivity contribution is -0.132. The SMILES string of the molecule is CC(C)c1ccc(-n2nc(-c3ccccn3)cc2CCCCCC(=O)NC(=O)C(N)C(C)O)cc1. The molecular weight excluding hydrogens is 442 g/mol. The Labute approximate surface area is 206 Å². The molecule has 8 nitrogen and oxygen atoms in total. The van der Waals surface area contributed by atoms with Crippen molar-refractivity contribution in [3.63, 3.8) is 0 Å². The summed E-state index contributed by atoms with van der Waals surface area (Å²) in [6, 6.07) is 15.2. The summed E-state index contributed by atoms with van der Waals surface area (Å²) < 4.78 is 1.97. The standard InChI is InChI=1S/C27H35N5O3/c1-18(2)20-12-14-21(15-13-20)32-22(17-24(31-32)23-10-7-8-16-29-23)9-5-4-6-11-25(34)30-27(35)26(28)19(3)33/h7-8,10,12-19,26,33H,4-6,9,11,28H2,1-3H3,(H,30,34,35). The van der Waals surface area contributed by atoms with Gasteiger partial charge in [0.15, 0.2) is 0 Å². The molecule has 0 saturated heterocycles. The molecule has 0 spiro atoms. The van der Waals surface area contributed by atoms with Gasteiger partial charge in [-0.15, -0.1) is 0 Å². The zero-order valence-electron chi connectivity index (χ0n) is 20.6. The summed E-state index contributed by atoms with van der Waals surface area (Å²) in [6.07, 6.45) is 4.10. The highest BCUT2D eigenvalue weighted by atomic mass is 16.3. The number of rotatable bonds is 11. The molecule has 0 bridgehead atoms. The van der Waals surface area contributed by atoms with Crippen LogP contribution in [0.3, 0.4) is 0 Å². The molecular formula is C27H35N5O3. The first-order valence-corrected chi connectivity index (χ1v) is 12.1. The van der Waals surface area contributed by atoms with Crippen molar-refractivity contribution in [2.24, 2.45) is 5.73 Å². The van der Waals surface area contributed by atoms with Gasteiger partial charge in [-0.05, 0) is 68.0 Å². The molecule has 2 atom stereocenters. The Morgan fingerprint density at radius 1 is 1.03 bits per heavy atom. The van der Waals surface area contributed by atoms with E-state index in [1.807, 2.05) is 22.9 Å². The summed E-state index contributed by atoms with van der Waals surface area (Å²) >= 11 is 0. The third-order valence-electron chi connectivity index (χ3n) is 5.94. The second-order valence-electron chi connectivity index (χ2n) is 9.13. The molecule has 2 unspecified atom stereocenters. The van der Waals surface area contributed by atoms with Crippen LogP contribution >= 0.6 is 0 Å². The molecule has 0 aliphatic carbocycles. The number of aliphatic hydroxyl groups is 1. The van der Waals surface area contributed by atoms with Crippen LogP contribution in [0, 0.1) is 0 Å². The quantitative estimate of drug-likeness (QED) is 0.363. The molecule has 2 amide bonds. The largest absolute Gasteiger partial charge is 0.391 e. The van der Waals surface area contributed by atoms with Gasteiger partial charge in [0, 0.05) is 18.3 Å². The highest BCUT2D eigenvalue weighted by molar-refractivity contribution is 5.97. The topological polar surface area (TPSA) is 123 Å². The highest BCUT2D eigenvalue weighted by Crippen LogP contribution is 2.23. The fraction of sp³-hybridized carbons (Fsp3) is 0.407. The fourth-order valence-corrected chi connectivity index (χ4v) is 3.73. The third-order valence-corrected chi connectivity index (χ3v) is 5.94. The maximum absolute atomic E-state index is 12.0. The van der Waals surface area contributed by atoms with Crippen molar-refractivity contribution in [3.8, 4) is 17.1 Å². The predicted molar refractivity (Wildman–Crippen MR) is 136 cm³/mol. The first kappa shape index (κ1) is 26.2. The van der Waals surface area contributed by atoms with Gasteiger partial charge in [-0.3, -0.25) is 19.9 Å². The fourth-order valence-electron chi connectivity index (χ4n) is 3.73. The van der Waals surface area contributed by atoms with Gasteiger partial charge in [-0.2, -0.15) is 5.10 Å². The Balaban J connectivity index is 1.62. The van der Waals surface area contributed by atoms with Crippen molar-refractivity contribution in [2.45, 2.75) is 70.9 Å². The van der Waals surface area contributed by atoms with Crippen LogP contribution in [0.15, 0.2) is 54.7 Å². The number of pyridine rings is 1. The predicted octanol–water partition coefficient (Wildman–Crippen LogP) is 3.51. The molecule has 186 valence electrons. The maximum Gasteiger partial charge on any atom is 0.246 e. The number of nitrogens with zero attached hydrogens (tertiary/aromatic N) is 3. The molecule has 2 heterocycles. The molecule has 3 rings (SSSR count). The minimum Gasteiger partial charge on any atom is -0.391 e. The van der Waals surface area contributed by atoms with E-state index in [9.17, 15) is 14.7 Å². The molecule has 0 saturated carbocycles. The van der Waals surface area contributed by atoms with Crippen molar-refractivity contribution in [3.05, 3.63) is 66.0 Å². The molecule has 2 aromatic heterocycles. The summed E-state index contributed by atoms with van der Waals surface area (Å²) in [5.41, 5.74) is 10.5. The number of benzene rings is 1. The van der Waals surface area contributed by atoms with Crippen LogP contribution in [0.5, 0.6) is 0 Å². The van der Waals surface area contributed by atoms with Gasteiger partial charge in [0.05, 0.1) is 17.5 Å². The van der Waals surface area contributed by atoms with Crippen LogP contribution in [0.25, 0.3) is 17.1 Å². The molecule has 0 aliphatic rings. The number of imide groups is 1. The lowest BCUT2D eigenvalue weighted by Crippen LogP contribution is -2.48. The van der Waals surface area contributed by atoms with E-state index >= 15 is 0 Å². The van der Waals surface area contributed by atoms with Crippen LogP contribution in [0.2, 0.25) is 0 Å². The highest BCUT2D eigenvalue weighted by Gasteiger charge is 2.20. The van der Waals surface area contributed by atoms with E-state index < -0.39 is 18.1 Å². The van der Waals surface area contributed by atoms with Gasteiger partial charge in [0.1, 0.15) is 11.7 Å². The number of hydrogen-bond donors (Lipinski definition) is 3. The van der Waals surface area contributed by atoms with Crippen molar-refractivity contribution in [1.82, 2.24) is 20.1 Å². The van der Waals surface area contributed by atoms with Crippen molar-refractivity contribution < 1.29 is 14.7 Å². The number of carbonyl (C=O) groups excluding carboxylic acids is 2. The lowest BCUT2D eigenvalue weighted by Gasteiger charge is -2.13. The number of amides is 2. The first-order chi connectivity index (χ1) is 16.8. The van der Waals surface area contributed by atoms with Crippen molar-refractivity contribution >= 4 is 11.8 Å². The van der Waals surface area contributed by atoms with Gasteiger partial charge in [-0.1, -0.05) is 38.5 Å². The Morgan fingerprint density at radius 3 is 2.40 bits per heavy atom. The molecule has 4 N–H and O–H groups in total. The summed E-state index contributed by atoms with van der Waals surface area (Å²) in [5, 5.41) is 16.5. The van der Waals surface area contributed by atoms with Crippen LogP contribution < -0.4 is 11.1 Å². The van der Waals surface area contributed by atoms with Crippen LogP contribution in [0.1, 0.15) is 63.6 Å². The average molecular weight is 478 g/mol.